The van der Waals surface area contributed by atoms with E-state index in [1.807, 2.05) is 0 Å². The number of ether oxygens (including phenoxy) is 3. The molecule has 26 heavy (non-hydrogen) atoms. The standard InChI is InChI=1S/C17H14ClN3O5/c1-17(2)25-15(22)12(16(23)26-17)9-19-10-4-3-5-11(8-10)24-14-7-6-13(18)20-21-14/h3-9,19H,1-2H3. The van der Waals surface area contributed by atoms with Gasteiger partial charge in [-0.2, -0.15) is 0 Å². The van der Waals surface area contributed by atoms with E-state index in [2.05, 4.69) is 15.5 Å². The van der Waals surface area contributed by atoms with Gasteiger partial charge in [0.15, 0.2) is 10.7 Å². The van der Waals surface area contributed by atoms with Crippen molar-refractivity contribution in [3.05, 3.63) is 53.3 Å². The maximum atomic E-state index is 11.9. The molecule has 0 aliphatic carbocycles. The fourth-order valence-electron chi connectivity index (χ4n) is 2.06. The summed E-state index contributed by atoms with van der Waals surface area (Å²) in [5.41, 5.74) is 0.335. The lowest BCUT2D eigenvalue weighted by Gasteiger charge is -2.29. The molecule has 134 valence electrons. The summed E-state index contributed by atoms with van der Waals surface area (Å²) >= 11 is 5.68. The first kappa shape index (κ1) is 17.7. The van der Waals surface area contributed by atoms with Crippen molar-refractivity contribution in [2.45, 2.75) is 19.6 Å². The zero-order chi connectivity index (χ0) is 18.7. The highest BCUT2D eigenvalue weighted by molar-refractivity contribution is 6.29. The molecular formula is C17H14ClN3O5. The van der Waals surface area contributed by atoms with Crippen LogP contribution in [-0.4, -0.2) is 27.9 Å². The van der Waals surface area contributed by atoms with Crippen LogP contribution in [0.2, 0.25) is 5.15 Å². The zero-order valence-corrected chi connectivity index (χ0v) is 14.6. The van der Waals surface area contributed by atoms with Crippen LogP contribution >= 0.6 is 11.6 Å². The van der Waals surface area contributed by atoms with E-state index in [4.69, 9.17) is 25.8 Å². The topological polar surface area (TPSA) is 99.6 Å². The van der Waals surface area contributed by atoms with Crippen LogP contribution in [0.4, 0.5) is 5.69 Å². The van der Waals surface area contributed by atoms with Crippen molar-refractivity contribution >= 4 is 29.2 Å². The Kier molecular flexibility index (Phi) is 4.77. The van der Waals surface area contributed by atoms with Gasteiger partial charge in [-0.3, -0.25) is 0 Å². The molecule has 0 atom stereocenters. The molecule has 9 heteroatoms. The summed E-state index contributed by atoms with van der Waals surface area (Å²) in [6.45, 7) is 2.96. The van der Waals surface area contributed by atoms with E-state index in [0.717, 1.165) is 0 Å². The molecule has 2 heterocycles. The minimum Gasteiger partial charge on any atom is -0.437 e. The predicted octanol–water partition coefficient (Wildman–Crippen LogP) is 3.05. The van der Waals surface area contributed by atoms with Gasteiger partial charge in [0.05, 0.1) is 0 Å². The molecule has 1 aliphatic rings. The average molecular weight is 376 g/mol. The third-order valence-electron chi connectivity index (χ3n) is 3.16. The van der Waals surface area contributed by atoms with E-state index in [9.17, 15) is 9.59 Å². The Hall–Kier alpha value is -3.13. The van der Waals surface area contributed by atoms with Crippen LogP contribution in [0.25, 0.3) is 0 Å². The molecule has 1 aromatic carbocycles. The summed E-state index contributed by atoms with van der Waals surface area (Å²) in [5, 5.41) is 10.6. The number of carbonyl (C=O) groups excluding carboxylic acids is 2. The van der Waals surface area contributed by atoms with E-state index >= 15 is 0 Å². The maximum absolute atomic E-state index is 11.9. The monoisotopic (exact) mass is 375 g/mol. The Morgan fingerprint density at radius 1 is 1.12 bits per heavy atom. The van der Waals surface area contributed by atoms with E-state index < -0.39 is 17.7 Å². The summed E-state index contributed by atoms with van der Waals surface area (Å²) in [7, 11) is 0. The molecule has 0 radical (unpaired) electrons. The molecule has 0 bridgehead atoms. The fraction of sp³-hybridized carbons (Fsp3) is 0.176. The Morgan fingerprint density at radius 2 is 1.85 bits per heavy atom. The minimum atomic E-state index is -1.28. The van der Waals surface area contributed by atoms with E-state index in [0.29, 0.717) is 11.4 Å². The Bertz CT molecular complexity index is 858. The highest BCUT2D eigenvalue weighted by Crippen LogP contribution is 2.25. The predicted molar refractivity (Wildman–Crippen MR) is 91.5 cm³/mol. The summed E-state index contributed by atoms with van der Waals surface area (Å²) in [4.78, 5) is 23.8. The van der Waals surface area contributed by atoms with Crippen LogP contribution in [0.15, 0.2) is 48.2 Å². The lowest BCUT2D eigenvalue weighted by Crippen LogP contribution is -2.42. The Morgan fingerprint density at radius 3 is 2.50 bits per heavy atom. The second kappa shape index (κ2) is 7.01. The number of aromatic nitrogens is 2. The number of nitrogens with one attached hydrogen (secondary N) is 1. The number of rotatable bonds is 4. The van der Waals surface area contributed by atoms with Crippen LogP contribution < -0.4 is 10.1 Å². The maximum Gasteiger partial charge on any atom is 0.350 e. The second-order valence-electron chi connectivity index (χ2n) is 5.71. The lowest BCUT2D eigenvalue weighted by atomic mass is 10.2. The van der Waals surface area contributed by atoms with Gasteiger partial charge in [0.2, 0.25) is 5.88 Å². The van der Waals surface area contributed by atoms with Crippen molar-refractivity contribution in [2.75, 3.05) is 5.32 Å². The molecule has 3 rings (SSSR count). The van der Waals surface area contributed by atoms with E-state index in [-0.39, 0.29) is 16.6 Å². The molecular weight excluding hydrogens is 362 g/mol. The number of anilines is 1. The lowest BCUT2D eigenvalue weighted by molar-refractivity contribution is -0.222. The molecule has 2 aromatic rings. The van der Waals surface area contributed by atoms with Crippen LogP contribution in [-0.2, 0) is 19.1 Å². The van der Waals surface area contributed by atoms with Gasteiger partial charge in [-0.25, -0.2) is 9.59 Å². The number of carbonyl (C=O) groups is 2. The number of nitrogens with zero attached hydrogens (tertiary/aromatic N) is 2. The molecule has 0 spiro atoms. The number of benzene rings is 1. The quantitative estimate of drug-likeness (QED) is 0.494. The number of halogens is 1. The summed E-state index contributed by atoms with van der Waals surface area (Å²) in [6.07, 6.45) is 1.22. The Balaban J connectivity index is 1.72. The van der Waals surface area contributed by atoms with Crippen molar-refractivity contribution < 1.29 is 23.8 Å². The van der Waals surface area contributed by atoms with Gasteiger partial charge < -0.3 is 19.5 Å². The molecule has 1 N–H and O–H groups in total. The molecule has 0 amide bonds. The van der Waals surface area contributed by atoms with Crippen LogP contribution in [0.1, 0.15) is 13.8 Å². The number of cyclic esters (lactones) is 2. The van der Waals surface area contributed by atoms with Gasteiger partial charge in [0, 0.05) is 37.9 Å². The molecule has 1 fully saturated rings. The first-order valence-corrected chi connectivity index (χ1v) is 7.91. The normalized spacial score (nSPS) is 15.7. The van der Waals surface area contributed by atoms with Crippen molar-refractivity contribution in [3.8, 4) is 11.6 Å². The van der Waals surface area contributed by atoms with Crippen molar-refractivity contribution in [1.29, 1.82) is 0 Å². The zero-order valence-electron chi connectivity index (χ0n) is 13.9. The smallest absolute Gasteiger partial charge is 0.350 e. The number of hydrogen-bond donors (Lipinski definition) is 1. The second-order valence-corrected chi connectivity index (χ2v) is 6.09. The first-order chi connectivity index (χ1) is 12.3. The van der Waals surface area contributed by atoms with Gasteiger partial charge >= 0.3 is 11.9 Å². The highest BCUT2D eigenvalue weighted by atomic mass is 35.5. The number of esters is 2. The largest absolute Gasteiger partial charge is 0.437 e. The average Bonchev–Trinajstić information content (AvgIpc) is 2.55. The van der Waals surface area contributed by atoms with Crippen LogP contribution in [0.3, 0.4) is 0 Å². The van der Waals surface area contributed by atoms with Gasteiger partial charge in [-0.15, -0.1) is 10.2 Å². The molecule has 1 aliphatic heterocycles. The third-order valence-corrected chi connectivity index (χ3v) is 3.37. The summed E-state index contributed by atoms with van der Waals surface area (Å²) < 4.78 is 15.6. The van der Waals surface area contributed by atoms with Crippen molar-refractivity contribution in [1.82, 2.24) is 10.2 Å². The summed E-state index contributed by atoms with van der Waals surface area (Å²) in [5.74, 6) is -2.06. The van der Waals surface area contributed by atoms with Crippen LogP contribution in [0.5, 0.6) is 11.6 Å². The SMILES string of the molecule is CC1(C)OC(=O)C(=CNc2cccc(Oc3ccc(Cl)nn3)c2)C(=O)O1. The third kappa shape index (κ3) is 4.28. The first-order valence-electron chi connectivity index (χ1n) is 7.53. The summed E-state index contributed by atoms with van der Waals surface area (Å²) in [6, 6.07) is 9.93. The molecule has 0 unspecified atom stereocenters. The van der Waals surface area contributed by atoms with Gasteiger partial charge in [-0.05, 0) is 18.2 Å². The van der Waals surface area contributed by atoms with Gasteiger partial charge in [0.25, 0.3) is 5.79 Å². The van der Waals surface area contributed by atoms with E-state index in [1.165, 1.54) is 20.0 Å². The van der Waals surface area contributed by atoms with E-state index in [1.54, 1.807) is 36.4 Å². The van der Waals surface area contributed by atoms with Gasteiger partial charge in [0.1, 0.15) is 5.75 Å². The van der Waals surface area contributed by atoms with Gasteiger partial charge in [-0.1, -0.05) is 17.7 Å². The fourth-order valence-corrected chi connectivity index (χ4v) is 2.16. The van der Waals surface area contributed by atoms with Crippen molar-refractivity contribution in [2.24, 2.45) is 0 Å². The molecule has 1 saturated heterocycles. The minimum absolute atomic E-state index is 0.237. The van der Waals surface area contributed by atoms with Crippen LogP contribution in [0, 0.1) is 0 Å². The Labute approximate surface area is 153 Å². The molecule has 0 saturated carbocycles. The molecule has 8 nitrogen and oxygen atoms in total. The molecule has 1 aromatic heterocycles. The highest BCUT2D eigenvalue weighted by Gasteiger charge is 2.38. The van der Waals surface area contributed by atoms with Crippen molar-refractivity contribution in [3.63, 3.8) is 0 Å². The number of hydrogen-bond acceptors (Lipinski definition) is 8.